The molecule has 2 fully saturated rings. The summed E-state index contributed by atoms with van der Waals surface area (Å²) in [6, 6.07) is 0. The van der Waals surface area contributed by atoms with Crippen molar-refractivity contribution >= 4 is 8.58 Å². The van der Waals surface area contributed by atoms with Gasteiger partial charge in [-0.05, 0) is 36.5 Å². The first-order valence-electron chi connectivity index (χ1n) is 6.15. The van der Waals surface area contributed by atoms with Gasteiger partial charge in [-0.2, -0.15) is 0 Å². The van der Waals surface area contributed by atoms with E-state index in [1.807, 2.05) is 0 Å². The average Bonchev–Trinajstić information content (AvgIpc) is 2.19. The Morgan fingerprint density at radius 1 is 1.00 bits per heavy atom. The molecule has 76 valence electrons. The van der Waals surface area contributed by atoms with Crippen LogP contribution in [0.2, 0.25) is 0 Å². The lowest BCUT2D eigenvalue weighted by atomic mass is 9.71. The van der Waals surface area contributed by atoms with Crippen molar-refractivity contribution in [3.05, 3.63) is 0 Å². The van der Waals surface area contributed by atoms with Gasteiger partial charge in [0.1, 0.15) is 0 Å². The molecule has 4 atom stereocenters. The predicted octanol–water partition coefficient (Wildman–Crippen LogP) is 4.04. The Labute approximate surface area is 84.7 Å². The van der Waals surface area contributed by atoms with E-state index in [4.69, 9.17) is 0 Å². The Hall–Kier alpha value is 0.430. The SMILES string of the molecule is CCPC1CCCC2CCCCC21. The quantitative estimate of drug-likeness (QED) is 0.587. The van der Waals surface area contributed by atoms with Crippen LogP contribution in [0.1, 0.15) is 51.9 Å². The van der Waals surface area contributed by atoms with Crippen molar-refractivity contribution in [2.75, 3.05) is 6.16 Å². The van der Waals surface area contributed by atoms with Crippen molar-refractivity contribution in [2.24, 2.45) is 11.8 Å². The van der Waals surface area contributed by atoms with Crippen LogP contribution in [0.3, 0.4) is 0 Å². The Morgan fingerprint density at radius 2 is 1.77 bits per heavy atom. The Morgan fingerprint density at radius 3 is 2.62 bits per heavy atom. The Balaban J connectivity index is 1.94. The zero-order valence-corrected chi connectivity index (χ0v) is 9.89. The van der Waals surface area contributed by atoms with Crippen LogP contribution in [-0.4, -0.2) is 11.8 Å². The summed E-state index contributed by atoms with van der Waals surface area (Å²) in [5.74, 6) is 2.30. The van der Waals surface area contributed by atoms with Gasteiger partial charge in [0.25, 0.3) is 0 Å². The van der Waals surface area contributed by atoms with Gasteiger partial charge in [-0.15, -0.1) is 8.58 Å². The average molecular weight is 198 g/mol. The maximum atomic E-state index is 2.37. The molecule has 0 nitrogen and oxygen atoms in total. The van der Waals surface area contributed by atoms with Crippen LogP contribution in [0.15, 0.2) is 0 Å². The smallest absolute Gasteiger partial charge is 0.0206 e. The van der Waals surface area contributed by atoms with Gasteiger partial charge in [0.2, 0.25) is 0 Å². The molecule has 0 spiro atoms. The van der Waals surface area contributed by atoms with Crippen LogP contribution in [-0.2, 0) is 0 Å². The maximum absolute atomic E-state index is 2.37. The second-order valence-corrected chi connectivity index (χ2v) is 6.66. The number of hydrogen-bond acceptors (Lipinski definition) is 0. The molecule has 2 aliphatic carbocycles. The first-order valence-corrected chi connectivity index (χ1v) is 7.43. The molecule has 0 aromatic carbocycles. The highest BCUT2D eigenvalue weighted by Gasteiger charge is 2.33. The van der Waals surface area contributed by atoms with E-state index in [-0.39, 0.29) is 0 Å². The van der Waals surface area contributed by atoms with E-state index in [9.17, 15) is 0 Å². The summed E-state index contributed by atoms with van der Waals surface area (Å²) in [5, 5.41) is 0. The fourth-order valence-corrected chi connectivity index (χ4v) is 5.13. The number of rotatable bonds is 2. The molecule has 4 unspecified atom stereocenters. The third-order valence-electron chi connectivity index (χ3n) is 4.04. The first kappa shape index (κ1) is 9.97. The summed E-state index contributed by atoms with van der Waals surface area (Å²) >= 11 is 0. The lowest BCUT2D eigenvalue weighted by molar-refractivity contribution is 0.177. The summed E-state index contributed by atoms with van der Waals surface area (Å²) in [5.41, 5.74) is 1.14. The minimum atomic E-state index is 1.14. The molecule has 0 amide bonds. The van der Waals surface area contributed by atoms with E-state index < -0.39 is 0 Å². The van der Waals surface area contributed by atoms with Gasteiger partial charge in [-0.25, -0.2) is 0 Å². The van der Waals surface area contributed by atoms with E-state index >= 15 is 0 Å². The van der Waals surface area contributed by atoms with Crippen LogP contribution in [0, 0.1) is 11.8 Å². The van der Waals surface area contributed by atoms with Gasteiger partial charge in [0.15, 0.2) is 0 Å². The minimum absolute atomic E-state index is 1.14. The Bertz CT molecular complexity index is 151. The molecule has 0 radical (unpaired) electrons. The van der Waals surface area contributed by atoms with Crippen molar-refractivity contribution < 1.29 is 0 Å². The molecular formula is C12H23P. The monoisotopic (exact) mass is 198 g/mol. The highest BCUT2D eigenvalue weighted by molar-refractivity contribution is 7.38. The fourth-order valence-electron chi connectivity index (χ4n) is 3.45. The second kappa shape index (κ2) is 4.78. The zero-order chi connectivity index (χ0) is 9.10. The van der Waals surface area contributed by atoms with Crippen LogP contribution < -0.4 is 0 Å². The van der Waals surface area contributed by atoms with Crippen LogP contribution in [0.4, 0.5) is 0 Å². The van der Waals surface area contributed by atoms with E-state index in [1.54, 1.807) is 32.1 Å². The molecule has 13 heavy (non-hydrogen) atoms. The van der Waals surface area contributed by atoms with Crippen molar-refractivity contribution in [1.82, 2.24) is 0 Å². The van der Waals surface area contributed by atoms with Crippen LogP contribution in [0.25, 0.3) is 0 Å². The standard InChI is InChI=1S/C12H23P/c1-2-13-12-9-5-7-10-6-3-4-8-11(10)12/h10-13H,2-9H2,1H3. The lowest BCUT2D eigenvalue weighted by Crippen LogP contribution is -2.32. The minimum Gasteiger partial charge on any atom is -0.119 e. The third-order valence-corrected chi connectivity index (χ3v) is 5.69. The molecular weight excluding hydrogens is 175 g/mol. The van der Waals surface area contributed by atoms with Gasteiger partial charge in [0, 0.05) is 0 Å². The van der Waals surface area contributed by atoms with Crippen molar-refractivity contribution in [3.8, 4) is 0 Å². The Kier molecular flexibility index (Phi) is 3.66. The lowest BCUT2D eigenvalue weighted by Gasteiger charge is -2.41. The summed E-state index contributed by atoms with van der Waals surface area (Å²) in [7, 11) is 1.27. The second-order valence-electron chi connectivity index (χ2n) is 4.80. The summed E-state index contributed by atoms with van der Waals surface area (Å²) in [6.07, 6.45) is 12.3. The van der Waals surface area contributed by atoms with E-state index in [0.717, 1.165) is 17.5 Å². The van der Waals surface area contributed by atoms with Crippen molar-refractivity contribution in [2.45, 2.75) is 57.5 Å². The van der Waals surface area contributed by atoms with E-state index in [2.05, 4.69) is 6.92 Å². The molecule has 0 saturated heterocycles. The van der Waals surface area contributed by atoms with Crippen molar-refractivity contribution in [1.29, 1.82) is 0 Å². The first-order chi connectivity index (χ1) is 6.42. The summed E-state index contributed by atoms with van der Waals surface area (Å²) in [4.78, 5) is 0. The van der Waals surface area contributed by atoms with Crippen LogP contribution >= 0.6 is 8.58 Å². The molecule has 1 heteroatoms. The largest absolute Gasteiger partial charge is 0.119 e. The third kappa shape index (κ3) is 2.27. The maximum Gasteiger partial charge on any atom is -0.0206 e. The molecule has 0 bridgehead atoms. The summed E-state index contributed by atoms with van der Waals surface area (Å²) < 4.78 is 0. The highest BCUT2D eigenvalue weighted by atomic mass is 31.1. The van der Waals surface area contributed by atoms with E-state index in [0.29, 0.717) is 0 Å². The normalized spacial score (nSPS) is 40.8. The highest BCUT2D eigenvalue weighted by Crippen LogP contribution is 2.46. The van der Waals surface area contributed by atoms with Crippen molar-refractivity contribution in [3.63, 3.8) is 0 Å². The molecule has 2 rings (SSSR count). The number of fused-ring (bicyclic) bond motifs is 1. The topological polar surface area (TPSA) is 0 Å². The molecule has 2 saturated carbocycles. The predicted molar refractivity (Wildman–Crippen MR) is 61.9 cm³/mol. The zero-order valence-electron chi connectivity index (χ0n) is 8.89. The molecule has 0 aromatic rings. The number of hydrogen-bond donors (Lipinski definition) is 0. The van der Waals surface area contributed by atoms with Crippen LogP contribution in [0.5, 0.6) is 0 Å². The molecule has 0 heterocycles. The van der Waals surface area contributed by atoms with Gasteiger partial charge < -0.3 is 0 Å². The molecule has 2 aliphatic rings. The molecule has 0 N–H and O–H groups in total. The van der Waals surface area contributed by atoms with Gasteiger partial charge in [-0.1, -0.05) is 39.0 Å². The molecule has 0 aliphatic heterocycles. The molecule has 0 aromatic heterocycles. The van der Waals surface area contributed by atoms with E-state index in [1.165, 1.54) is 27.6 Å². The van der Waals surface area contributed by atoms with Gasteiger partial charge >= 0.3 is 0 Å². The fraction of sp³-hybridized carbons (Fsp3) is 1.00. The van der Waals surface area contributed by atoms with Gasteiger partial charge in [0.05, 0.1) is 0 Å². The summed E-state index contributed by atoms with van der Waals surface area (Å²) in [6.45, 7) is 2.37. The van der Waals surface area contributed by atoms with Gasteiger partial charge in [-0.3, -0.25) is 0 Å².